The van der Waals surface area contributed by atoms with Crippen LogP contribution in [-0.4, -0.2) is 56.3 Å². The molecule has 2 rings (SSSR count). The predicted octanol–water partition coefficient (Wildman–Crippen LogP) is 4.26. The minimum Gasteiger partial charge on any atom is -0.151 e. The summed E-state index contributed by atoms with van der Waals surface area (Å²) in [4.78, 5) is 0. The summed E-state index contributed by atoms with van der Waals surface area (Å²) in [6.45, 7) is 0. The van der Waals surface area contributed by atoms with Gasteiger partial charge in [0.25, 0.3) is 7.71 Å². The van der Waals surface area contributed by atoms with E-state index in [1.807, 2.05) is 0 Å². The van der Waals surface area contributed by atoms with Gasteiger partial charge < -0.3 is 0 Å². The second-order valence-corrected chi connectivity index (χ2v) is 10.0. The van der Waals surface area contributed by atoms with E-state index in [0.29, 0.717) is 0 Å². The standard InChI is InChI=1S/C18H27N3P/c1-19(2)22(20(3)4,21(5)6)14-13-16-11-12-17-9-7-8-10-18(17)15-16/h7-15H,1-6H3/q+1/b14-13+. The fourth-order valence-electron chi connectivity index (χ4n) is 2.97. The largest absolute Gasteiger partial charge is 0.253 e. The third-order valence-electron chi connectivity index (χ3n) is 4.01. The fraction of sp³-hybridized carbons (Fsp3) is 0.333. The summed E-state index contributed by atoms with van der Waals surface area (Å²) < 4.78 is 6.97. The van der Waals surface area contributed by atoms with E-state index >= 15 is 0 Å². The number of rotatable bonds is 5. The molecule has 0 aromatic heterocycles. The van der Waals surface area contributed by atoms with E-state index in [9.17, 15) is 0 Å². The van der Waals surface area contributed by atoms with E-state index < -0.39 is 7.71 Å². The summed E-state index contributed by atoms with van der Waals surface area (Å²) in [5, 5.41) is 2.57. The van der Waals surface area contributed by atoms with Crippen molar-refractivity contribution >= 4 is 24.6 Å². The van der Waals surface area contributed by atoms with Crippen LogP contribution in [0.1, 0.15) is 5.56 Å². The molecule has 22 heavy (non-hydrogen) atoms. The molecule has 118 valence electrons. The molecule has 0 spiro atoms. The molecule has 0 N–H and O–H groups in total. The maximum absolute atomic E-state index is 2.36. The smallest absolute Gasteiger partial charge is 0.151 e. The van der Waals surface area contributed by atoms with E-state index in [1.165, 1.54) is 16.3 Å². The Labute approximate surface area is 135 Å². The zero-order valence-electron chi connectivity index (χ0n) is 14.5. The Hall–Kier alpha value is -1.25. The lowest BCUT2D eigenvalue weighted by molar-refractivity contribution is 0.472. The number of hydrogen-bond donors (Lipinski definition) is 0. The zero-order valence-corrected chi connectivity index (χ0v) is 15.4. The second-order valence-electron chi connectivity index (χ2n) is 6.08. The van der Waals surface area contributed by atoms with Crippen LogP contribution in [-0.2, 0) is 0 Å². The van der Waals surface area contributed by atoms with E-state index in [2.05, 4.69) is 111 Å². The van der Waals surface area contributed by atoms with Crippen LogP contribution in [0.5, 0.6) is 0 Å². The number of nitrogens with zero attached hydrogens (tertiary/aromatic N) is 3. The van der Waals surface area contributed by atoms with Crippen molar-refractivity contribution in [2.75, 3.05) is 42.3 Å². The van der Waals surface area contributed by atoms with Gasteiger partial charge in [0.05, 0.1) is 0 Å². The van der Waals surface area contributed by atoms with Crippen LogP contribution < -0.4 is 0 Å². The number of benzene rings is 2. The van der Waals surface area contributed by atoms with Crippen molar-refractivity contribution in [2.24, 2.45) is 0 Å². The summed E-state index contributed by atoms with van der Waals surface area (Å²) >= 11 is 0. The summed E-state index contributed by atoms with van der Waals surface area (Å²) in [7, 11) is 11.3. The Kier molecular flexibility index (Phi) is 5.36. The normalized spacial score (nSPS) is 13.1. The van der Waals surface area contributed by atoms with Crippen LogP contribution in [0.3, 0.4) is 0 Å². The minimum absolute atomic E-state index is 1.24. The van der Waals surface area contributed by atoms with Crippen LogP contribution in [0, 0.1) is 0 Å². The molecule has 0 atom stereocenters. The molecule has 2 aromatic rings. The first kappa shape index (κ1) is 17.1. The van der Waals surface area contributed by atoms with Gasteiger partial charge in [0, 0.05) is 42.3 Å². The Morgan fingerprint density at radius 2 is 1.27 bits per heavy atom. The van der Waals surface area contributed by atoms with Gasteiger partial charge >= 0.3 is 0 Å². The van der Waals surface area contributed by atoms with E-state index in [0.717, 1.165) is 0 Å². The van der Waals surface area contributed by atoms with Crippen molar-refractivity contribution in [3.63, 3.8) is 0 Å². The molecule has 2 aromatic carbocycles. The Balaban J connectivity index is 2.41. The van der Waals surface area contributed by atoms with Crippen LogP contribution >= 0.6 is 7.71 Å². The first-order chi connectivity index (χ1) is 10.4. The molecular formula is C18H27N3P+. The maximum Gasteiger partial charge on any atom is 0.253 e. The predicted molar refractivity (Wildman–Crippen MR) is 101 cm³/mol. The van der Waals surface area contributed by atoms with Crippen LogP contribution in [0.2, 0.25) is 0 Å². The Morgan fingerprint density at radius 1 is 0.727 bits per heavy atom. The van der Waals surface area contributed by atoms with Gasteiger partial charge in [0.15, 0.2) is 0 Å². The van der Waals surface area contributed by atoms with Crippen molar-refractivity contribution in [3.8, 4) is 0 Å². The van der Waals surface area contributed by atoms with Crippen molar-refractivity contribution < 1.29 is 0 Å². The lowest BCUT2D eigenvalue weighted by Gasteiger charge is -2.37. The fourth-order valence-corrected chi connectivity index (χ4v) is 6.29. The third kappa shape index (κ3) is 3.23. The minimum atomic E-state index is -1.62. The Bertz CT molecular complexity index is 640. The maximum atomic E-state index is 2.36. The van der Waals surface area contributed by atoms with Gasteiger partial charge in [0.2, 0.25) is 0 Å². The SMILES string of the molecule is CN(C)[P+](/C=C/c1ccc2ccccc2c1)(N(C)C)N(C)C. The average molecular weight is 316 g/mol. The topological polar surface area (TPSA) is 9.72 Å². The molecule has 0 saturated carbocycles. The molecule has 0 aliphatic rings. The Morgan fingerprint density at radius 3 is 1.82 bits per heavy atom. The lowest BCUT2D eigenvalue weighted by atomic mass is 10.1. The first-order valence-corrected chi connectivity index (χ1v) is 9.20. The summed E-state index contributed by atoms with van der Waals surface area (Å²) in [5.41, 5.74) is 1.24. The summed E-state index contributed by atoms with van der Waals surface area (Å²) in [6, 6.07) is 15.1. The van der Waals surface area contributed by atoms with Gasteiger partial charge in [-0.05, 0) is 28.5 Å². The molecule has 4 heteroatoms. The van der Waals surface area contributed by atoms with Gasteiger partial charge in [0.1, 0.15) is 5.82 Å². The molecule has 0 aliphatic carbocycles. The van der Waals surface area contributed by atoms with Gasteiger partial charge in [-0.2, -0.15) is 14.0 Å². The molecule has 0 heterocycles. The number of hydrogen-bond acceptors (Lipinski definition) is 3. The summed E-state index contributed by atoms with van der Waals surface area (Å²) in [5.74, 6) is 2.36. The molecule has 0 unspecified atom stereocenters. The van der Waals surface area contributed by atoms with Crippen LogP contribution in [0.4, 0.5) is 0 Å². The molecular weight excluding hydrogens is 289 g/mol. The van der Waals surface area contributed by atoms with Crippen molar-refractivity contribution in [2.45, 2.75) is 0 Å². The van der Waals surface area contributed by atoms with Gasteiger partial charge in [-0.1, -0.05) is 36.4 Å². The highest BCUT2D eigenvalue weighted by Crippen LogP contribution is 2.65. The van der Waals surface area contributed by atoms with Crippen LogP contribution in [0.15, 0.2) is 48.3 Å². The highest BCUT2D eigenvalue weighted by Gasteiger charge is 2.45. The monoisotopic (exact) mass is 316 g/mol. The highest BCUT2D eigenvalue weighted by molar-refractivity contribution is 7.72. The van der Waals surface area contributed by atoms with E-state index in [4.69, 9.17) is 0 Å². The van der Waals surface area contributed by atoms with E-state index in [-0.39, 0.29) is 0 Å². The molecule has 0 bridgehead atoms. The van der Waals surface area contributed by atoms with E-state index in [1.54, 1.807) is 0 Å². The van der Waals surface area contributed by atoms with Gasteiger partial charge in [-0.25, -0.2) is 0 Å². The van der Waals surface area contributed by atoms with Gasteiger partial charge in [-0.3, -0.25) is 0 Å². The third-order valence-corrected chi connectivity index (χ3v) is 8.09. The second kappa shape index (κ2) is 6.89. The van der Waals surface area contributed by atoms with Crippen molar-refractivity contribution in [3.05, 3.63) is 53.8 Å². The highest BCUT2D eigenvalue weighted by atomic mass is 31.2. The molecule has 3 nitrogen and oxygen atoms in total. The number of fused-ring (bicyclic) bond motifs is 1. The molecule has 0 saturated heterocycles. The van der Waals surface area contributed by atoms with Crippen molar-refractivity contribution in [1.82, 2.24) is 14.0 Å². The first-order valence-electron chi connectivity index (χ1n) is 7.48. The average Bonchev–Trinajstić information content (AvgIpc) is 2.46. The molecule has 0 aliphatic heterocycles. The molecule has 0 radical (unpaired) electrons. The molecule has 0 fully saturated rings. The van der Waals surface area contributed by atoms with Crippen molar-refractivity contribution in [1.29, 1.82) is 0 Å². The van der Waals surface area contributed by atoms with Gasteiger partial charge in [-0.15, -0.1) is 0 Å². The van der Waals surface area contributed by atoms with Crippen LogP contribution in [0.25, 0.3) is 16.8 Å². The lowest BCUT2D eigenvalue weighted by Crippen LogP contribution is -2.34. The molecule has 0 amide bonds. The quantitative estimate of drug-likeness (QED) is 0.763. The summed E-state index contributed by atoms with van der Waals surface area (Å²) in [6.07, 6.45) is 2.25. The zero-order chi connectivity index (χ0) is 16.3.